The first kappa shape index (κ1) is 54.5. The van der Waals surface area contributed by atoms with Crippen molar-refractivity contribution in [2.24, 2.45) is 35.5 Å². The number of aliphatic hydroxyl groups excluding tert-OH is 3. The number of esters is 1. The minimum atomic E-state index is -2.42. The molecular formula is C51H81NO13. The van der Waals surface area contributed by atoms with E-state index in [9.17, 15) is 39.6 Å². The summed E-state index contributed by atoms with van der Waals surface area (Å²) < 4.78 is 29.5. The summed E-state index contributed by atoms with van der Waals surface area (Å²) in [6, 6.07) is -1.11. The van der Waals surface area contributed by atoms with Gasteiger partial charge in [-0.1, -0.05) is 71.1 Å². The Morgan fingerprint density at radius 1 is 0.815 bits per heavy atom. The Kier molecular flexibility index (Phi) is 21.3. The monoisotopic (exact) mass is 916 g/mol. The first-order valence-corrected chi connectivity index (χ1v) is 24.1. The van der Waals surface area contributed by atoms with Crippen LogP contribution in [0.25, 0.3) is 0 Å². The van der Waals surface area contributed by atoms with Gasteiger partial charge in [-0.05, 0) is 107 Å². The van der Waals surface area contributed by atoms with Crippen LogP contribution in [0.4, 0.5) is 0 Å². The Bertz CT molecular complexity index is 1710. The van der Waals surface area contributed by atoms with Crippen LogP contribution in [0, 0.1) is 35.5 Å². The Morgan fingerprint density at radius 2 is 1.54 bits per heavy atom. The van der Waals surface area contributed by atoms with Crippen LogP contribution < -0.4 is 0 Å². The first-order valence-electron chi connectivity index (χ1n) is 24.1. The van der Waals surface area contributed by atoms with Crippen LogP contribution in [0.1, 0.15) is 126 Å². The third-order valence-corrected chi connectivity index (χ3v) is 14.7. The fourth-order valence-electron chi connectivity index (χ4n) is 10.3. The maximum Gasteiger partial charge on any atom is 0.329 e. The van der Waals surface area contributed by atoms with E-state index in [-0.39, 0.29) is 49.0 Å². The highest BCUT2D eigenvalue weighted by Crippen LogP contribution is 2.38. The number of ether oxygens (including phenoxy) is 5. The largest absolute Gasteiger partial charge is 0.460 e. The van der Waals surface area contributed by atoms with Gasteiger partial charge in [0, 0.05) is 58.5 Å². The summed E-state index contributed by atoms with van der Waals surface area (Å²) in [5.74, 6) is -7.26. The summed E-state index contributed by atoms with van der Waals surface area (Å²) in [6.45, 7) is 13.0. The van der Waals surface area contributed by atoms with Gasteiger partial charge in [-0.15, -0.1) is 0 Å². The van der Waals surface area contributed by atoms with Crippen molar-refractivity contribution in [3.63, 3.8) is 0 Å². The summed E-state index contributed by atoms with van der Waals surface area (Å²) in [5, 5.41) is 45.7. The zero-order valence-electron chi connectivity index (χ0n) is 40.7. The number of piperidine rings is 1. The van der Waals surface area contributed by atoms with E-state index in [1.54, 1.807) is 41.1 Å². The lowest BCUT2D eigenvalue weighted by atomic mass is 9.78. The third kappa shape index (κ3) is 14.5. The average molecular weight is 916 g/mol. The molecule has 14 heteroatoms. The first-order chi connectivity index (χ1) is 30.7. The fraction of sp³-hybridized carbons (Fsp3) is 0.765. The van der Waals surface area contributed by atoms with Crippen LogP contribution >= 0.6 is 0 Å². The molecule has 4 aliphatic rings. The SMILES string of the molecule is CO[C@@H]1C[C@@H]2CC[C@@H](C)[C@@](O)(O2)C(=O)C(=O)N2CCCC[C@H]2C(=O)O[C@H]([C@H](C)C[C@@H]2CC[C@@H](O)[C@H](OC)C2)CC(O)[C@@H](C)/C=C(\C)[C@@H](O)[C@@H](OC)C(=O)[C@@H](C)C[C@H](C)/C=C/C=C/C=C/1C. The molecule has 2 saturated heterocycles. The molecule has 1 amide bonds. The number of methoxy groups -OCH3 is 3. The molecule has 2 bridgehead atoms. The van der Waals surface area contributed by atoms with Gasteiger partial charge in [-0.2, -0.15) is 0 Å². The number of hydrogen-bond acceptors (Lipinski definition) is 13. The number of Topliss-reactive ketones (excluding diaryl/α,β-unsaturated/α-hetero) is 2. The quantitative estimate of drug-likeness (QED) is 0.138. The van der Waals surface area contributed by atoms with Crippen molar-refractivity contribution in [2.45, 2.75) is 186 Å². The van der Waals surface area contributed by atoms with Gasteiger partial charge in [0.15, 0.2) is 5.78 Å². The average Bonchev–Trinajstić information content (AvgIpc) is 3.28. The zero-order chi connectivity index (χ0) is 48.2. The number of ketones is 2. The zero-order valence-corrected chi connectivity index (χ0v) is 40.7. The lowest BCUT2D eigenvalue weighted by Gasteiger charge is -2.43. The minimum Gasteiger partial charge on any atom is -0.460 e. The summed E-state index contributed by atoms with van der Waals surface area (Å²) in [5.41, 5.74) is 1.33. The molecule has 0 aromatic rings. The molecule has 16 atom stereocenters. The normalized spacial score (nSPS) is 41.5. The Morgan fingerprint density at radius 3 is 2.22 bits per heavy atom. The third-order valence-electron chi connectivity index (χ3n) is 14.7. The van der Waals surface area contributed by atoms with Gasteiger partial charge in [0.2, 0.25) is 5.79 Å². The maximum absolute atomic E-state index is 14.4. The van der Waals surface area contributed by atoms with Crippen molar-refractivity contribution in [1.82, 2.24) is 4.90 Å². The molecule has 0 aromatic heterocycles. The van der Waals surface area contributed by atoms with E-state index in [2.05, 4.69) is 0 Å². The molecule has 368 valence electrons. The maximum atomic E-state index is 14.4. The van der Waals surface area contributed by atoms with Gasteiger partial charge in [-0.25, -0.2) is 4.79 Å². The van der Waals surface area contributed by atoms with Gasteiger partial charge < -0.3 is 49.0 Å². The summed E-state index contributed by atoms with van der Waals surface area (Å²) in [4.78, 5) is 57.8. The van der Waals surface area contributed by atoms with Gasteiger partial charge in [0.05, 0.1) is 30.5 Å². The topological polar surface area (TPSA) is 199 Å². The van der Waals surface area contributed by atoms with Crippen molar-refractivity contribution in [3.05, 3.63) is 47.6 Å². The highest BCUT2D eigenvalue weighted by molar-refractivity contribution is 6.39. The molecule has 14 nitrogen and oxygen atoms in total. The van der Waals surface area contributed by atoms with E-state index in [0.717, 1.165) is 12.0 Å². The van der Waals surface area contributed by atoms with Gasteiger partial charge in [0.25, 0.3) is 11.7 Å². The predicted molar refractivity (Wildman–Crippen MR) is 246 cm³/mol. The van der Waals surface area contributed by atoms with E-state index in [1.165, 1.54) is 12.0 Å². The lowest BCUT2D eigenvalue weighted by molar-refractivity contribution is -0.265. The van der Waals surface area contributed by atoms with Crippen molar-refractivity contribution < 1.29 is 63.3 Å². The number of cyclic esters (lactones) is 1. The van der Waals surface area contributed by atoms with E-state index in [1.807, 2.05) is 58.1 Å². The second-order valence-electron chi connectivity index (χ2n) is 19.8. The number of allylic oxidation sites excluding steroid dienone is 5. The summed E-state index contributed by atoms with van der Waals surface area (Å²) in [7, 11) is 4.55. The standard InChI is InChI=1S/C51H81NO13/c1-30-16-12-11-13-17-31(2)42(61-8)28-38-21-19-36(7)51(60,65-38)48(57)49(58)52-23-15-14-18-39(52)50(59)64-43(33(4)26-37-20-22-40(53)44(27-37)62-9)29-41(54)32(3)25-35(6)46(56)47(63-10)45(55)34(5)24-30/h11-13,16-17,25,30,32-34,36-44,46-47,53-54,56,60H,14-15,18-24,26-29H2,1-10H3/b13-11+,16-12+,31-17+,35-25+/t30-,32+,33-,34+,36-,37+,38+,39+,40-,41?,42-,43+,44-,46-,47+,51-/m1/s1. The van der Waals surface area contributed by atoms with Crippen molar-refractivity contribution in [3.8, 4) is 0 Å². The number of nitrogens with zero attached hydrogens (tertiary/aromatic N) is 1. The van der Waals surface area contributed by atoms with Gasteiger partial charge in [-0.3, -0.25) is 14.4 Å². The predicted octanol–water partition coefficient (Wildman–Crippen LogP) is 5.97. The Balaban J connectivity index is 1.70. The van der Waals surface area contributed by atoms with E-state index in [4.69, 9.17) is 23.7 Å². The molecule has 1 aliphatic carbocycles. The fourth-order valence-corrected chi connectivity index (χ4v) is 10.3. The number of amides is 1. The molecule has 3 fully saturated rings. The Hall–Kier alpha value is -3.08. The van der Waals surface area contributed by atoms with Crippen LogP contribution in [-0.4, -0.2) is 137 Å². The van der Waals surface area contributed by atoms with E-state index >= 15 is 0 Å². The molecule has 4 rings (SSSR count). The van der Waals surface area contributed by atoms with E-state index in [0.29, 0.717) is 63.4 Å². The minimum absolute atomic E-state index is 0.0183. The molecule has 3 heterocycles. The van der Waals surface area contributed by atoms with Gasteiger partial charge >= 0.3 is 5.97 Å². The summed E-state index contributed by atoms with van der Waals surface area (Å²) in [6.07, 6.45) is 10.9. The van der Waals surface area contributed by atoms with Crippen LogP contribution in [0.15, 0.2) is 47.6 Å². The molecule has 3 aliphatic heterocycles. The number of carbonyl (C=O) groups excluding carboxylic acids is 4. The highest BCUT2D eigenvalue weighted by Gasteiger charge is 2.53. The van der Waals surface area contributed by atoms with Crippen molar-refractivity contribution in [1.29, 1.82) is 0 Å². The van der Waals surface area contributed by atoms with Crippen LogP contribution in [0.5, 0.6) is 0 Å². The van der Waals surface area contributed by atoms with Crippen molar-refractivity contribution in [2.75, 3.05) is 27.9 Å². The van der Waals surface area contributed by atoms with Crippen molar-refractivity contribution >= 4 is 23.4 Å². The second kappa shape index (κ2) is 25.3. The second-order valence-corrected chi connectivity index (χ2v) is 19.8. The van der Waals surface area contributed by atoms with Crippen LogP contribution in [0.2, 0.25) is 0 Å². The molecule has 0 spiro atoms. The molecule has 0 radical (unpaired) electrons. The number of rotatable bonds is 6. The van der Waals surface area contributed by atoms with E-state index < -0.39 is 90.0 Å². The number of fused-ring (bicyclic) bond motifs is 3. The van der Waals surface area contributed by atoms with Crippen LogP contribution in [0.3, 0.4) is 0 Å². The van der Waals surface area contributed by atoms with Gasteiger partial charge in [0.1, 0.15) is 24.4 Å². The molecule has 1 saturated carbocycles. The smallest absolute Gasteiger partial charge is 0.329 e. The molecule has 1 unspecified atom stereocenters. The Labute approximate surface area is 387 Å². The molecular weight excluding hydrogens is 835 g/mol. The molecule has 65 heavy (non-hydrogen) atoms. The molecule has 0 aromatic carbocycles. The van der Waals surface area contributed by atoms with Crippen LogP contribution in [-0.2, 0) is 42.9 Å². The molecule has 4 N–H and O–H groups in total. The lowest BCUT2D eigenvalue weighted by Crippen LogP contribution is -2.61. The number of hydrogen-bond donors (Lipinski definition) is 4. The number of aliphatic hydroxyl groups is 4. The number of carbonyl (C=O) groups is 4. The summed E-state index contributed by atoms with van der Waals surface area (Å²) >= 11 is 0. The highest BCUT2D eigenvalue weighted by atomic mass is 16.6.